The van der Waals surface area contributed by atoms with E-state index in [1.165, 1.54) is 5.57 Å². The summed E-state index contributed by atoms with van der Waals surface area (Å²) in [6.45, 7) is 15.5. The van der Waals surface area contributed by atoms with Gasteiger partial charge in [-0.3, -0.25) is 0 Å². The Hall–Kier alpha value is -0.235. The molecule has 13 heavy (non-hydrogen) atoms. The van der Waals surface area contributed by atoms with Crippen molar-refractivity contribution < 1.29 is 0 Å². The van der Waals surface area contributed by atoms with Gasteiger partial charge in [-0.25, -0.2) is 0 Å². The molecule has 1 nitrogen and oxygen atoms in total. The quantitative estimate of drug-likeness (QED) is 0.559. The molecule has 0 unspecified atom stereocenters. The van der Waals surface area contributed by atoms with Gasteiger partial charge in [0, 0.05) is 6.54 Å². The maximum atomic E-state index is 2.58. The molecule has 0 aromatic carbocycles. The fraction of sp³-hybridized carbons (Fsp3) is 0.818. The Morgan fingerprint density at radius 3 is 2.23 bits per heavy atom. The van der Waals surface area contributed by atoms with Gasteiger partial charge in [0.15, 0.2) is 0 Å². The largest absolute Gasteiger partial charge is 0.332 e. The van der Waals surface area contributed by atoms with E-state index in [0.29, 0.717) is 18.2 Å². The summed E-state index contributed by atoms with van der Waals surface area (Å²) in [7, 11) is 0. The molecule has 0 atom stereocenters. The summed E-state index contributed by atoms with van der Waals surface area (Å²) >= 11 is 0. The minimum atomic E-state index is 0.363. The van der Waals surface area contributed by atoms with Crippen LogP contribution in [0.5, 0.6) is 0 Å². The first-order chi connectivity index (χ1) is 5.82. The van der Waals surface area contributed by atoms with Crippen molar-refractivity contribution in [3.8, 4) is 0 Å². The lowest BCUT2D eigenvalue weighted by Gasteiger charge is -2.34. The Morgan fingerprint density at radius 1 is 1.38 bits per heavy atom. The highest BCUT2D eigenvalue weighted by molar-refractivity contribution is 6.65. The molecule has 0 radical (unpaired) electrons. The van der Waals surface area contributed by atoms with Gasteiger partial charge in [0.1, 0.15) is 0 Å². The van der Waals surface area contributed by atoms with E-state index in [1.54, 1.807) is 0 Å². The van der Waals surface area contributed by atoms with E-state index < -0.39 is 0 Å². The third kappa shape index (κ3) is 2.37. The van der Waals surface area contributed by atoms with Crippen molar-refractivity contribution in [2.24, 2.45) is 0 Å². The lowest BCUT2D eigenvalue weighted by molar-refractivity contribution is 0.386. The molecule has 1 aliphatic heterocycles. The fourth-order valence-electron chi connectivity index (χ4n) is 2.06. The van der Waals surface area contributed by atoms with Crippen molar-refractivity contribution in [3.05, 3.63) is 11.5 Å². The maximum absolute atomic E-state index is 2.58. The van der Waals surface area contributed by atoms with E-state index in [0.717, 1.165) is 6.54 Å². The SMILES string of the molecule is CC1=CB(C(C)(C)C)N(C(C)C)C1. The monoisotopic (exact) mass is 179 g/mol. The zero-order valence-corrected chi connectivity index (χ0v) is 9.89. The minimum absolute atomic E-state index is 0.363. The average molecular weight is 179 g/mol. The minimum Gasteiger partial charge on any atom is -0.332 e. The second-order valence-corrected chi connectivity index (χ2v) is 5.59. The third-order valence-corrected chi connectivity index (χ3v) is 2.78. The summed E-state index contributed by atoms with van der Waals surface area (Å²) in [5, 5.41) is 0.363. The zero-order valence-electron chi connectivity index (χ0n) is 9.89. The standard InChI is InChI=1S/C11H22BN/c1-9(2)13-8-10(3)7-12(13)11(4,5)6/h7,9H,8H2,1-6H3. The van der Waals surface area contributed by atoms with E-state index in [2.05, 4.69) is 52.3 Å². The Kier molecular flexibility index (Phi) is 2.91. The molecule has 0 spiro atoms. The maximum Gasteiger partial charge on any atom is 0.256 e. The highest BCUT2D eigenvalue weighted by atomic mass is 15.1. The Morgan fingerprint density at radius 2 is 1.92 bits per heavy atom. The number of nitrogens with zero attached hydrogens (tertiary/aromatic N) is 1. The molecule has 0 amide bonds. The van der Waals surface area contributed by atoms with E-state index in [1.807, 2.05) is 0 Å². The highest BCUT2D eigenvalue weighted by Gasteiger charge is 2.37. The lowest BCUT2D eigenvalue weighted by atomic mass is 9.43. The molecule has 0 fully saturated rings. The molecule has 0 aromatic heterocycles. The summed E-state index contributed by atoms with van der Waals surface area (Å²) in [4.78, 5) is 2.58. The molecule has 1 aliphatic rings. The van der Waals surface area contributed by atoms with Crippen LogP contribution in [0.15, 0.2) is 11.5 Å². The molecule has 74 valence electrons. The fourth-order valence-corrected chi connectivity index (χ4v) is 2.06. The van der Waals surface area contributed by atoms with Crippen LogP contribution in [0.3, 0.4) is 0 Å². The molecule has 0 saturated carbocycles. The molecular weight excluding hydrogens is 157 g/mol. The lowest BCUT2D eigenvalue weighted by Crippen LogP contribution is -2.45. The van der Waals surface area contributed by atoms with E-state index >= 15 is 0 Å². The smallest absolute Gasteiger partial charge is 0.256 e. The summed E-state index contributed by atoms with van der Waals surface area (Å²) in [6.07, 6.45) is 0. The Bertz CT molecular complexity index is 213. The van der Waals surface area contributed by atoms with E-state index in [9.17, 15) is 0 Å². The highest BCUT2D eigenvalue weighted by Crippen LogP contribution is 2.34. The van der Waals surface area contributed by atoms with Crippen molar-refractivity contribution in [2.75, 3.05) is 6.54 Å². The molecule has 0 aliphatic carbocycles. The van der Waals surface area contributed by atoms with Crippen LogP contribution in [-0.2, 0) is 0 Å². The van der Waals surface area contributed by atoms with Crippen molar-refractivity contribution >= 4 is 6.85 Å². The normalized spacial score (nSPS) is 19.9. The Labute approximate surface area is 83.3 Å². The molecule has 1 heterocycles. The average Bonchev–Trinajstić information content (AvgIpc) is 2.29. The molecule has 0 N–H and O–H groups in total. The Balaban J connectivity index is 2.81. The zero-order chi connectivity index (χ0) is 10.2. The van der Waals surface area contributed by atoms with Crippen LogP contribution in [0.25, 0.3) is 0 Å². The van der Waals surface area contributed by atoms with Crippen LogP contribution in [0.1, 0.15) is 41.5 Å². The second-order valence-electron chi connectivity index (χ2n) is 5.59. The first kappa shape index (κ1) is 10.8. The number of hydrogen-bond acceptors (Lipinski definition) is 1. The van der Waals surface area contributed by atoms with E-state index in [4.69, 9.17) is 0 Å². The van der Waals surface area contributed by atoms with Gasteiger partial charge in [-0.2, -0.15) is 0 Å². The first-order valence-electron chi connectivity index (χ1n) is 5.25. The van der Waals surface area contributed by atoms with Crippen LogP contribution >= 0.6 is 0 Å². The first-order valence-corrected chi connectivity index (χ1v) is 5.25. The molecule has 0 bridgehead atoms. The second kappa shape index (κ2) is 3.49. The van der Waals surface area contributed by atoms with Crippen LogP contribution in [0.4, 0.5) is 0 Å². The van der Waals surface area contributed by atoms with Crippen LogP contribution in [-0.4, -0.2) is 24.2 Å². The van der Waals surface area contributed by atoms with Gasteiger partial charge in [0.25, 0.3) is 6.85 Å². The summed E-state index contributed by atoms with van der Waals surface area (Å²) in [6, 6.07) is 0.651. The van der Waals surface area contributed by atoms with Gasteiger partial charge in [-0.05, 0) is 18.3 Å². The van der Waals surface area contributed by atoms with Gasteiger partial charge in [-0.15, -0.1) is 0 Å². The third-order valence-electron chi connectivity index (χ3n) is 2.78. The van der Waals surface area contributed by atoms with E-state index in [-0.39, 0.29) is 0 Å². The number of rotatable bonds is 1. The van der Waals surface area contributed by atoms with Crippen LogP contribution in [0, 0.1) is 0 Å². The van der Waals surface area contributed by atoms with Gasteiger partial charge in [-0.1, -0.05) is 46.2 Å². The molecule has 2 heteroatoms. The number of hydrogen-bond donors (Lipinski definition) is 0. The molecular formula is C11H22BN. The summed E-state index contributed by atoms with van der Waals surface area (Å²) in [5.74, 6) is 2.43. The molecule has 0 saturated heterocycles. The summed E-state index contributed by atoms with van der Waals surface area (Å²) in [5.41, 5.74) is 1.52. The van der Waals surface area contributed by atoms with Gasteiger partial charge >= 0.3 is 0 Å². The topological polar surface area (TPSA) is 3.24 Å². The van der Waals surface area contributed by atoms with Gasteiger partial charge in [0.05, 0.1) is 0 Å². The molecule has 0 aromatic rings. The van der Waals surface area contributed by atoms with Crippen LogP contribution in [0.2, 0.25) is 5.31 Å². The van der Waals surface area contributed by atoms with Crippen molar-refractivity contribution in [1.29, 1.82) is 0 Å². The van der Waals surface area contributed by atoms with Crippen molar-refractivity contribution in [3.63, 3.8) is 0 Å². The predicted molar refractivity (Wildman–Crippen MR) is 61.1 cm³/mol. The molecule has 1 rings (SSSR count). The summed E-state index contributed by atoms with van der Waals surface area (Å²) < 4.78 is 0. The van der Waals surface area contributed by atoms with Gasteiger partial charge in [0.2, 0.25) is 0 Å². The van der Waals surface area contributed by atoms with Crippen molar-refractivity contribution in [2.45, 2.75) is 52.9 Å². The van der Waals surface area contributed by atoms with Gasteiger partial charge < -0.3 is 4.81 Å². The van der Waals surface area contributed by atoms with Crippen molar-refractivity contribution in [1.82, 2.24) is 4.81 Å². The predicted octanol–water partition coefficient (Wildman–Crippen LogP) is 2.99. The van der Waals surface area contributed by atoms with Crippen LogP contribution < -0.4 is 0 Å².